The van der Waals surface area contributed by atoms with E-state index in [1.165, 1.54) is 6.42 Å². The lowest BCUT2D eigenvalue weighted by Crippen LogP contribution is -2.38. The molecule has 2 aliphatic carbocycles. The van der Waals surface area contributed by atoms with Crippen LogP contribution in [0.2, 0.25) is 0 Å². The maximum atomic E-state index is 12.6. The van der Waals surface area contributed by atoms with Crippen LogP contribution in [0.3, 0.4) is 0 Å². The number of sulfonamides is 1. The summed E-state index contributed by atoms with van der Waals surface area (Å²) in [5.41, 5.74) is 0.772. The Morgan fingerprint density at radius 1 is 1.27 bits per heavy atom. The Labute approximate surface area is 133 Å². The van der Waals surface area contributed by atoms with E-state index in [2.05, 4.69) is 4.72 Å². The van der Waals surface area contributed by atoms with E-state index in [1.54, 1.807) is 29.8 Å². The number of rotatable bonds is 3. The van der Waals surface area contributed by atoms with Crippen molar-refractivity contribution in [3.05, 3.63) is 27.9 Å². The molecule has 1 aromatic carbocycles. The monoisotopic (exact) mass is 338 g/mol. The first-order valence-electron chi connectivity index (χ1n) is 7.56. The van der Waals surface area contributed by atoms with Gasteiger partial charge in [0.1, 0.15) is 0 Å². The van der Waals surface area contributed by atoms with Crippen LogP contribution in [0.1, 0.15) is 25.7 Å². The van der Waals surface area contributed by atoms with Crippen molar-refractivity contribution in [1.82, 2.24) is 9.29 Å². The molecule has 3 atom stereocenters. The van der Waals surface area contributed by atoms with Crippen molar-refractivity contribution in [3.63, 3.8) is 0 Å². The van der Waals surface area contributed by atoms with Gasteiger partial charge < -0.3 is 4.57 Å². The van der Waals surface area contributed by atoms with E-state index in [9.17, 15) is 13.2 Å². The molecule has 1 heterocycles. The molecule has 0 spiro atoms. The van der Waals surface area contributed by atoms with Gasteiger partial charge in [0.15, 0.2) is 0 Å². The minimum atomic E-state index is -3.52. The summed E-state index contributed by atoms with van der Waals surface area (Å²) >= 11 is 1.08. The van der Waals surface area contributed by atoms with Gasteiger partial charge in [0, 0.05) is 13.1 Å². The highest BCUT2D eigenvalue weighted by Gasteiger charge is 2.41. The van der Waals surface area contributed by atoms with Crippen LogP contribution in [-0.2, 0) is 17.1 Å². The van der Waals surface area contributed by atoms with Gasteiger partial charge in [0.05, 0.1) is 15.1 Å². The van der Waals surface area contributed by atoms with Crippen LogP contribution in [0, 0.1) is 11.8 Å². The fourth-order valence-electron chi connectivity index (χ4n) is 3.94. The summed E-state index contributed by atoms with van der Waals surface area (Å²) in [5, 5.41) is 0. The Kier molecular flexibility index (Phi) is 3.22. The normalized spacial score (nSPS) is 27.8. The summed E-state index contributed by atoms with van der Waals surface area (Å²) in [6.45, 7) is 0. The molecule has 5 nitrogen and oxygen atoms in total. The van der Waals surface area contributed by atoms with Gasteiger partial charge in [-0.2, -0.15) is 0 Å². The van der Waals surface area contributed by atoms with Crippen molar-refractivity contribution in [2.75, 3.05) is 0 Å². The van der Waals surface area contributed by atoms with Gasteiger partial charge in [0.25, 0.3) is 0 Å². The van der Waals surface area contributed by atoms with E-state index in [1.807, 2.05) is 0 Å². The number of benzene rings is 1. The summed E-state index contributed by atoms with van der Waals surface area (Å²) in [4.78, 5) is 11.9. The number of nitrogens with one attached hydrogen (secondary N) is 1. The number of fused-ring (bicyclic) bond motifs is 3. The first-order valence-corrected chi connectivity index (χ1v) is 9.86. The van der Waals surface area contributed by atoms with Crippen LogP contribution in [-0.4, -0.2) is 19.0 Å². The van der Waals surface area contributed by atoms with Gasteiger partial charge >= 0.3 is 4.87 Å². The van der Waals surface area contributed by atoms with Gasteiger partial charge in [-0.3, -0.25) is 4.79 Å². The summed E-state index contributed by atoms with van der Waals surface area (Å²) in [6.07, 6.45) is 4.50. The molecule has 0 amide bonds. The fourth-order valence-corrected chi connectivity index (χ4v) is 6.27. The third-order valence-electron chi connectivity index (χ3n) is 5.12. The lowest BCUT2D eigenvalue weighted by Gasteiger charge is -2.22. The predicted molar refractivity (Wildman–Crippen MR) is 86.6 cm³/mol. The van der Waals surface area contributed by atoms with Crippen molar-refractivity contribution in [2.45, 2.75) is 36.6 Å². The molecule has 2 fully saturated rings. The van der Waals surface area contributed by atoms with Gasteiger partial charge in [-0.1, -0.05) is 17.8 Å². The highest BCUT2D eigenvalue weighted by atomic mass is 32.2. The maximum absolute atomic E-state index is 12.6. The average Bonchev–Trinajstić information content (AvgIpc) is 3.14. The average molecular weight is 338 g/mol. The van der Waals surface area contributed by atoms with Crippen LogP contribution in [0.25, 0.3) is 10.2 Å². The minimum absolute atomic E-state index is 0.0777. The Hall–Kier alpha value is -1.18. The van der Waals surface area contributed by atoms with Crippen LogP contribution in [0.4, 0.5) is 0 Å². The van der Waals surface area contributed by atoms with E-state index in [-0.39, 0.29) is 15.8 Å². The molecular formula is C15H18N2O3S2. The Morgan fingerprint density at radius 3 is 2.77 bits per heavy atom. The standard InChI is InChI=1S/C15H18N2O3S2/c1-17-13-5-4-11(8-14(13)21-15(17)18)22(19,20)16-12-7-9-2-3-10(12)6-9/h4-5,8-10,12,16H,2-3,6-7H2,1H3/t9-,10+,12-/m0/s1. The van der Waals surface area contributed by atoms with Crippen molar-refractivity contribution >= 4 is 31.6 Å². The molecule has 0 aliphatic heterocycles. The molecule has 4 rings (SSSR count). The molecule has 1 aromatic heterocycles. The maximum Gasteiger partial charge on any atom is 0.307 e. The summed E-state index contributed by atoms with van der Waals surface area (Å²) < 4.78 is 30.4. The quantitative estimate of drug-likeness (QED) is 0.931. The molecule has 22 heavy (non-hydrogen) atoms. The highest BCUT2D eigenvalue weighted by Crippen LogP contribution is 2.44. The molecule has 7 heteroatoms. The van der Waals surface area contributed by atoms with Crippen LogP contribution in [0.5, 0.6) is 0 Å². The Morgan fingerprint density at radius 2 is 2.09 bits per heavy atom. The lowest BCUT2D eigenvalue weighted by molar-refractivity contribution is 0.390. The summed E-state index contributed by atoms with van der Waals surface area (Å²) in [6, 6.07) is 4.98. The zero-order chi connectivity index (χ0) is 15.5. The highest BCUT2D eigenvalue weighted by molar-refractivity contribution is 7.89. The Bertz CT molecular complexity index is 897. The van der Waals surface area contributed by atoms with Crippen LogP contribution in [0.15, 0.2) is 27.9 Å². The lowest BCUT2D eigenvalue weighted by atomic mass is 9.96. The summed E-state index contributed by atoms with van der Waals surface area (Å²) in [7, 11) is -1.82. The zero-order valence-electron chi connectivity index (χ0n) is 12.3. The number of nitrogens with zero attached hydrogens (tertiary/aromatic N) is 1. The zero-order valence-corrected chi connectivity index (χ0v) is 13.9. The molecule has 1 N–H and O–H groups in total. The summed E-state index contributed by atoms with van der Waals surface area (Å²) in [5.74, 6) is 1.19. The molecule has 0 saturated heterocycles. The van der Waals surface area contributed by atoms with Crippen molar-refractivity contribution in [3.8, 4) is 0 Å². The van der Waals surface area contributed by atoms with Gasteiger partial charge in [-0.15, -0.1) is 0 Å². The number of hydrogen-bond acceptors (Lipinski definition) is 4. The SMILES string of the molecule is Cn1c(=O)sc2cc(S(=O)(=O)N[C@H]3C[C@H]4CC[C@@H]3C4)ccc21. The third kappa shape index (κ3) is 2.23. The number of aryl methyl sites for hydroxylation is 1. The topological polar surface area (TPSA) is 68.2 Å². The van der Waals surface area contributed by atoms with E-state index in [4.69, 9.17) is 0 Å². The predicted octanol–water partition coefficient (Wildman–Crippen LogP) is 2.07. The second-order valence-corrected chi connectivity index (χ2v) is 9.17. The first kappa shape index (κ1) is 14.4. The molecule has 2 aliphatic rings. The smallest absolute Gasteiger partial charge is 0.302 e. The fraction of sp³-hybridized carbons (Fsp3) is 0.533. The number of hydrogen-bond donors (Lipinski definition) is 1. The van der Waals surface area contributed by atoms with Crippen LogP contribution < -0.4 is 9.60 Å². The minimum Gasteiger partial charge on any atom is -0.302 e. The van der Waals surface area contributed by atoms with Gasteiger partial charge in [-0.25, -0.2) is 13.1 Å². The molecule has 2 bridgehead atoms. The molecular weight excluding hydrogens is 320 g/mol. The second kappa shape index (κ2) is 4.91. The van der Waals surface area contributed by atoms with E-state index >= 15 is 0 Å². The second-order valence-electron chi connectivity index (χ2n) is 6.46. The number of aromatic nitrogens is 1. The number of thiazole rings is 1. The molecule has 2 saturated carbocycles. The molecule has 0 radical (unpaired) electrons. The largest absolute Gasteiger partial charge is 0.307 e. The Balaban J connectivity index is 1.66. The van der Waals surface area contributed by atoms with Gasteiger partial charge in [0.2, 0.25) is 10.0 Å². The molecule has 0 unspecified atom stereocenters. The van der Waals surface area contributed by atoms with Crippen LogP contribution >= 0.6 is 11.3 Å². The van der Waals surface area contributed by atoms with Crippen molar-refractivity contribution in [1.29, 1.82) is 0 Å². The van der Waals surface area contributed by atoms with Gasteiger partial charge in [-0.05, 0) is 49.3 Å². The van der Waals surface area contributed by atoms with Crippen molar-refractivity contribution in [2.24, 2.45) is 18.9 Å². The van der Waals surface area contributed by atoms with Crippen molar-refractivity contribution < 1.29 is 8.42 Å². The van der Waals surface area contributed by atoms with E-state index < -0.39 is 10.0 Å². The van der Waals surface area contributed by atoms with E-state index in [0.29, 0.717) is 16.5 Å². The van der Waals surface area contributed by atoms with E-state index in [0.717, 1.165) is 36.1 Å². The molecule has 2 aromatic rings. The molecule has 118 valence electrons. The first-order chi connectivity index (χ1) is 10.4. The third-order valence-corrected chi connectivity index (χ3v) is 7.60.